The van der Waals surface area contributed by atoms with E-state index < -0.39 is 0 Å². The molecular weight excluding hydrogens is 214 g/mol. The number of hydrogen-bond donors (Lipinski definition) is 0. The third kappa shape index (κ3) is 4.30. The van der Waals surface area contributed by atoms with Crippen LogP contribution in [-0.2, 0) is 9.53 Å². The molecule has 0 spiro atoms. The number of piperidine rings is 1. The van der Waals surface area contributed by atoms with E-state index in [2.05, 4.69) is 25.7 Å². The molecule has 0 amide bonds. The third-order valence-corrected chi connectivity index (χ3v) is 3.68. The first-order chi connectivity index (χ1) is 8.00. The Labute approximate surface area is 106 Å². The van der Waals surface area contributed by atoms with Crippen LogP contribution in [0.15, 0.2) is 0 Å². The molecule has 0 bridgehead atoms. The first-order valence-electron chi connectivity index (χ1n) is 6.82. The molecule has 1 fully saturated rings. The van der Waals surface area contributed by atoms with E-state index in [9.17, 15) is 4.79 Å². The van der Waals surface area contributed by atoms with E-state index >= 15 is 0 Å². The molecule has 0 radical (unpaired) electrons. The van der Waals surface area contributed by atoms with Crippen LogP contribution < -0.4 is 0 Å². The fourth-order valence-corrected chi connectivity index (χ4v) is 2.72. The van der Waals surface area contributed by atoms with Crippen LogP contribution in [0, 0.1) is 5.41 Å². The summed E-state index contributed by atoms with van der Waals surface area (Å²) < 4.78 is 4.95. The van der Waals surface area contributed by atoms with Gasteiger partial charge in [0, 0.05) is 6.54 Å². The summed E-state index contributed by atoms with van der Waals surface area (Å²) in [6.45, 7) is 8.78. The van der Waals surface area contributed by atoms with E-state index in [4.69, 9.17) is 4.74 Å². The fourth-order valence-electron chi connectivity index (χ4n) is 2.72. The van der Waals surface area contributed by atoms with Crippen LogP contribution in [0.4, 0.5) is 0 Å². The molecule has 100 valence electrons. The number of rotatable bonds is 5. The summed E-state index contributed by atoms with van der Waals surface area (Å²) in [6, 6.07) is -0.0282. The standard InChI is InChI=1S/C14H27NO2/c1-5-6-8-12(13(16)17-4)15-10-7-9-14(2,3)11-15/h12H,5-11H2,1-4H3. The molecule has 1 heterocycles. The molecule has 1 aliphatic rings. The summed E-state index contributed by atoms with van der Waals surface area (Å²) in [5, 5.41) is 0. The smallest absolute Gasteiger partial charge is 0.323 e. The van der Waals surface area contributed by atoms with Gasteiger partial charge in [-0.1, -0.05) is 33.6 Å². The predicted octanol–water partition coefficient (Wildman–Crippen LogP) is 2.84. The monoisotopic (exact) mass is 241 g/mol. The van der Waals surface area contributed by atoms with Gasteiger partial charge < -0.3 is 4.74 Å². The first kappa shape index (κ1) is 14.5. The Morgan fingerprint density at radius 2 is 2.18 bits per heavy atom. The Morgan fingerprint density at radius 1 is 1.47 bits per heavy atom. The zero-order valence-electron chi connectivity index (χ0n) is 11.8. The van der Waals surface area contributed by atoms with Crippen molar-refractivity contribution in [2.45, 2.75) is 58.9 Å². The molecule has 1 atom stereocenters. The Kier molecular flexibility index (Phi) is 5.44. The van der Waals surface area contributed by atoms with Gasteiger partial charge in [0.1, 0.15) is 6.04 Å². The normalized spacial score (nSPS) is 22.1. The first-order valence-corrected chi connectivity index (χ1v) is 6.82. The largest absolute Gasteiger partial charge is 0.468 e. The van der Waals surface area contributed by atoms with Gasteiger partial charge in [-0.2, -0.15) is 0 Å². The van der Waals surface area contributed by atoms with Crippen LogP contribution in [0.2, 0.25) is 0 Å². The molecule has 3 nitrogen and oxygen atoms in total. The minimum atomic E-state index is -0.0591. The second-order valence-electron chi connectivity index (χ2n) is 5.92. The minimum Gasteiger partial charge on any atom is -0.468 e. The Bertz CT molecular complexity index is 251. The van der Waals surface area contributed by atoms with Gasteiger partial charge in [-0.15, -0.1) is 0 Å². The summed E-state index contributed by atoms with van der Waals surface area (Å²) in [6.07, 6.45) is 5.60. The number of unbranched alkanes of at least 4 members (excludes halogenated alkanes) is 1. The van der Waals surface area contributed by atoms with Crippen molar-refractivity contribution in [3.05, 3.63) is 0 Å². The maximum absolute atomic E-state index is 11.9. The highest BCUT2D eigenvalue weighted by molar-refractivity contribution is 5.75. The van der Waals surface area contributed by atoms with Gasteiger partial charge in [-0.05, 0) is 31.2 Å². The molecule has 0 aromatic heterocycles. The predicted molar refractivity (Wildman–Crippen MR) is 69.9 cm³/mol. The van der Waals surface area contributed by atoms with Gasteiger partial charge in [-0.25, -0.2) is 0 Å². The van der Waals surface area contributed by atoms with E-state index in [1.54, 1.807) is 0 Å². The zero-order valence-corrected chi connectivity index (χ0v) is 11.8. The van der Waals surface area contributed by atoms with Crippen molar-refractivity contribution < 1.29 is 9.53 Å². The van der Waals surface area contributed by atoms with Crippen LogP contribution in [-0.4, -0.2) is 37.1 Å². The van der Waals surface area contributed by atoms with Crippen LogP contribution in [0.1, 0.15) is 52.9 Å². The van der Waals surface area contributed by atoms with E-state index in [1.807, 2.05) is 0 Å². The molecule has 1 rings (SSSR count). The summed E-state index contributed by atoms with van der Waals surface area (Å²) in [5.74, 6) is -0.0591. The van der Waals surface area contributed by atoms with Gasteiger partial charge in [0.2, 0.25) is 0 Å². The highest BCUT2D eigenvalue weighted by Gasteiger charge is 2.33. The maximum atomic E-state index is 11.9. The summed E-state index contributed by atoms with van der Waals surface area (Å²) in [5.41, 5.74) is 0.330. The third-order valence-electron chi connectivity index (χ3n) is 3.68. The lowest BCUT2D eigenvalue weighted by atomic mass is 9.83. The highest BCUT2D eigenvalue weighted by atomic mass is 16.5. The van der Waals surface area contributed by atoms with Crippen LogP contribution in [0.5, 0.6) is 0 Å². The lowest BCUT2D eigenvalue weighted by Crippen LogP contribution is -2.49. The molecule has 0 aliphatic carbocycles. The van der Waals surface area contributed by atoms with Crippen molar-refractivity contribution in [2.24, 2.45) is 5.41 Å². The Morgan fingerprint density at radius 3 is 2.71 bits per heavy atom. The van der Waals surface area contributed by atoms with E-state index in [0.717, 1.165) is 32.4 Å². The number of hydrogen-bond acceptors (Lipinski definition) is 3. The fraction of sp³-hybridized carbons (Fsp3) is 0.929. The molecule has 3 heteroatoms. The molecule has 0 saturated carbocycles. The van der Waals surface area contributed by atoms with E-state index in [-0.39, 0.29) is 12.0 Å². The molecule has 1 aliphatic heterocycles. The van der Waals surface area contributed by atoms with Crippen molar-refractivity contribution in [3.63, 3.8) is 0 Å². The molecule has 1 unspecified atom stereocenters. The van der Waals surface area contributed by atoms with Gasteiger partial charge >= 0.3 is 5.97 Å². The Balaban J connectivity index is 2.64. The number of methoxy groups -OCH3 is 1. The molecule has 0 N–H and O–H groups in total. The van der Waals surface area contributed by atoms with Crippen molar-refractivity contribution in [3.8, 4) is 0 Å². The lowest BCUT2D eigenvalue weighted by Gasteiger charge is -2.41. The number of nitrogens with zero attached hydrogens (tertiary/aromatic N) is 1. The minimum absolute atomic E-state index is 0.0282. The number of carbonyl (C=O) groups excluding carboxylic acids is 1. The zero-order chi connectivity index (χ0) is 12.9. The lowest BCUT2D eigenvalue weighted by molar-refractivity contribution is -0.148. The average molecular weight is 241 g/mol. The van der Waals surface area contributed by atoms with Crippen molar-refractivity contribution in [1.82, 2.24) is 4.90 Å². The quantitative estimate of drug-likeness (QED) is 0.693. The van der Waals surface area contributed by atoms with E-state index in [1.165, 1.54) is 20.0 Å². The summed E-state index contributed by atoms with van der Waals surface area (Å²) in [4.78, 5) is 14.2. The van der Waals surface area contributed by atoms with Crippen LogP contribution in [0.3, 0.4) is 0 Å². The second kappa shape index (κ2) is 6.39. The summed E-state index contributed by atoms with van der Waals surface area (Å²) >= 11 is 0. The van der Waals surface area contributed by atoms with Gasteiger partial charge in [0.25, 0.3) is 0 Å². The van der Waals surface area contributed by atoms with Gasteiger partial charge in [0.05, 0.1) is 7.11 Å². The average Bonchev–Trinajstić information content (AvgIpc) is 2.28. The van der Waals surface area contributed by atoms with Crippen LogP contribution in [0.25, 0.3) is 0 Å². The topological polar surface area (TPSA) is 29.5 Å². The molecule has 17 heavy (non-hydrogen) atoms. The van der Waals surface area contributed by atoms with E-state index in [0.29, 0.717) is 5.41 Å². The van der Waals surface area contributed by atoms with Crippen molar-refractivity contribution in [1.29, 1.82) is 0 Å². The molecular formula is C14H27NO2. The van der Waals surface area contributed by atoms with Crippen molar-refractivity contribution in [2.75, 3.05) is 20.2 Å². The highest BCUT2D eigenvalue weighted by Crippen LogP contribution is 2.30. The molecule has 0 aromatic rings. The molecule has 1 saturated heterocycles. The number of esters is 1. The van der Waals surface area contributed by atoms with Crippen molar-refractivity contribution >= 4 is 5.97 Å². The SMILES string of the molecule is CCCCC(C(=O)OC)N1CCCC(C)(C)C1. The Hall–Kier alpha value is -0.570. The van der Waals surface area contributed by atoms with Gasteiger partial charge in [0.15, 0.2) is 0 Å². The molecule has 0 aromatic carbocycles. The number of ether oxygens (including phenoxy) is 1. The number of likely N-dealkylation sites (tertiary alicyclic amines) is 1. The maximum Gasteiger partial charge on any atom is 0.323 e. The summed E-state index contributed by atoms with van der Waals surface area (Å²) in [7, 11) is 1.50. The second-order valence-corrected chi connectivity index (χ2v) is 5.92. The number of carbonyl (C=O) groups is 1. The van der Waals surface area contributed by atoms with Gasteiger partial charge in [-0.3, -0.25) is 9.69 Å². The van der Waals surface area contributed by atoms with Crippen LogP contribution >= 0.6 is 0 Å².